The Morgan fingerprint density at radius 3 is 2.78 bits per heavy atom. The number of aryl methyl sites for hydroxylation is 1. The first-order valence-electron chi connectivity index (χ1n) is 8.09. The molecule has 0 spiro atoms. The molecule has 0 fully saturated rings. The number of esters is 1. The summed E-state index contributed by atoms with van der Waals surface area (Å²) in [6, 6.07) is 7.22. The van der Waals surface area contributed by atoms with Gasteiger partial charge in [-0.25, -0.2) is 9.78 Å². The van der Waals surface area contributed by atoms with Crippen LogP contribution in [0.2, 0.25) is 5.02 Å². The van der Waals surface area contributed by atoms with Crippen molar-refractivity contribution in [1.29, 1.82) is 0 Å². The molecule has 27 heavy (non-hydrogen) atoms. The summed E-state index contributed by atoms with van der Waals surface area (Å²) in [4.78, 5) is 29.4. The molecule has 0 aliphatic carbocycles. The van der Waals surface area contributed by atoms with Crippen LogP contribution in [0.1, 0.15) is 25.9 Å². The Morgan fingerprint density at radius 1 is 1.30 bits per heavy atom. The second-order valence-corrected chi connectivity index (χ2v) is 7.39. The molecular weight excluding hydrogens is 390 g/mol. The highest BCUT2D eigenvalue weighted by Gasteiger charge is 2.20. The zero-order chi connectivity index (χ0) is 19.6. The Kier molecular flexibility index (Phi) is 5.79. The SMILES string of the molecule is COCCn1c(C(=O)Nc2nc(C(=O)OC)c(C)s2)cc2cc(Cl)ccc21. The summed E-state index contributed by atoms with van der Waals surface area (Å²) in [5.74, 6) is -0.864. The fourth-order valence-corrected chi connectivity index (χ4v) is 3.73. The highest BCUT2D eigenvalue weighted by molar-refractivity contribution is 7.16. The number of rotatable bonds is 6. The fourth-order valence-electron chi connectivity index (χ4n) is 2.75. The molecule has 0 bridgehead atoms. The van der Waals surface area contributed by atoms with Crippen LogP contribution in [0, 0.1) is 6.92 Å². The topological polar surface area (TPSA) is 82.5 Å². The highest BCUT2D eigenvalue weighted by Crippen LogP contribution is 2.26. The second-order valence-electron chi connectivity index (χ2n) is 5.75. The van der Waals surface area contributed by atoms with Crippen LogP contribution in [-0.2, 0) is 16.0 Å². The van der Waals surface area contributed by atoms with Gasteiger partial charge in [-0.3, -0.25) is 10.1 Å². The van der Waals surface area contributed by atoms with Gasteiger partial charge in [-0.2, -0.15) is 0 Å². The number of methoxy groups -OCH3 is 2. The van der Waals surface area contributed by atoms with Crippen molar-refractivity contribution in [2.24, 2.45) is 0 Å². The van der Waals surface area contributed by atoms with Gasteiger partial charge in [-0.05, 0) is 31.2 Å². The number of amides is 1. The first-order valence-corrected chi connectivity index (χ1v) is 9.29. The molecule has 0 atom stereocenters. The van der Waals surface area contributed by atoms with Crippen molar-refractivity contribution in [2.75, 3.05) is 26.1 Å². The summed E-state index contributed by atoms with van der Waals surface area (Å²) in [6.07, 6.45) is 0. The van der Waals surface area contributed by atoms with E-state index in [9.17, 15) is 9.59 Å². The fraction of sp³-hybridized carbons (Fsp3) is 0.278. The van der Waals surface area contributed by atoms with E-state index >= 15 is 0 Å². The van der Waals surface area contributed by atoms with Crippen LogP contribution in [0.5, 0.6) is 0 Å². The van der Waals surface area contributed by atoms with Gasteiger partial charge in [-0.15, -0.1) is 11.3 Å². The van der Waals surface area contributed by atoms with Crippen molar-refractivity contribution >= 4 is 50.8 Å². The summed E-state index contributed by atoms with van der Waals surface area (Å²) >= 11 is 7.29. The molecule has 9 heteroatoms. The van der Waals surface area contributed by atoms with Gasteiger partial charge in [0.25, 0.3) is 5.91 Å². The van der Waals surface area contributed by atoms with Crippen LogP contribution < -0.4 is 5.32 Å². The van der Waals surface area contributed by atoms with E-state index in [0.29, 0.717) is 33.9 Å². The van der Waals surface area contributed by atoms with Crippen LogP contribution in [0.3, 0.4) is 0 Å². The van der Waals surface area contributed by atoms with Crippen molar-refractivity contribution < 1.29 is 19.1 Å². The first kappa shape index (κ1) is 19.3. The van der Waals surface area contributed by atoms with Gasteiger partial charge in [0.2, 0.25) is 0 Å². The summed E-state index contributed by atoms with van der Waals surface area (Å²) in [7, 11) is 2.90. The van der Waals surface area contributed by atoms with Crippen molar-refractivity contribution in [3.05, 3.63) is 45.6 Å². The zero-order valence-electron chi connectivity index (χ0n) is 15.0. The smallest absolute Gasteiger partial charge is 0.357 e. The minimum atomic E-state index is -0.534. The second kappa shape index (κ2) is 8.08. The molecule has 142 valence electrons. The van der Waals surface area contributed by atoms with E-state index in [4.69, 9.17) is 21.1 Å². The lowest BCUT2D eigenvalue weighted by Gasteiger charge is -2.09. The largest absolute Gasteiger partial charge is 0.464 e. The highest BCUT2D eigenvalue weighted by atomic mass is 35.5. The van der Waals surface area contributed by atoms with Gasteiger partial charge in [-0.1, -0.05) is 11.6 Å². The third kappa shape index (κ3) is 3.97. The molecule has 0 aliphatic rings. The number of nitrogens with zero attached hydrogens (tertiary/aromatic N) is 2. The third-order valence-electron chi connectivity index (χ3n) is 4.01. The molecule has 0 radical (unpaired) electrons. The van der Waals surface area contributed by atoms with Gasteiger partial charge >= 0.3 is 5.97 Å². The Labute approximate surface area is 164 Å². The number of halogens is 1. The Bertz CT molecular complexity index is 1010. The number of ether oxygens (including phenoxy) is 2. The van der Waals surface area contributed by atoms with Crippen LogP contribution in [0.15, 0.2) is 24.3 Å². The monoisotopic (exact) mass is 407 g/mol. The molecule has 0 aliphatic heterocycles. The molecule has 0 saturated heterocycles. The van der Waals surface area contributed by atoms with Gasteiger partial charge in [0, 0.05) is 34.5 Å². The normalized spacial score (nSPS) is 11.0. The molecule has 2 aromatic heterocycles. The quantitative estimate of drug-likeness (QED) is 0.629. The minimum absolute atomic E-state index is 0.199. The molecule has 0 saturated carbocycles. The number of hydrogen-bond donors (Lipinski definition) is 1. The zero-order valence-corrected chi connectivity index (χ0v) is 16.6. The lowest BCUT2D eigenvalue weighted by Crippen LogP contribution is -2.18. The predicted octanol–water partition coefficient (Wildman–Crippen LogP) is 3.74. The summed E-state index contributed by atoms with van der Waals surface area (Å²) in [6.45, 7) is 2.71. The number of hydrogen-bond acceptors (Lipinski definition) is 6. The number of benzene rings is 1. The average molecular weight is 408 g/mol. The van der Waals surface area contributed by atoms with E-state index in [1.165, 1.54) is 18.4 Å². The number of nitrogens with one attached hydrogen (secondary N) is 1. The summed E-state index contributed by atoms with van der Waals surface area (Å²) in [5.41, 5.74) is 1.54. The number of thiazole rings is 1. The minimum Gasteiger partial charge on any atom is -0.464 e. The van der Waals surface area contributed by atoms with Gasteiger partial charge < -0.3 is 14.0 Å². The lowest BCUT2D eigenvalue weighted by atomic mass is 10.2. The molecule has 0 unspecified atom stereocenters. The van der Waals surface area contributed by atoms with Crippen molar-refractivity contribution in [3.63, 3.8) is 0 Å². The number of fused-ring (bicyclic) bond motifs is 1. The molecule has 1 aromatic carbocycles. The molecule has 2 heterocycles. The number of carbonyl (C=O) groups excluding carboxylic acids is 2. The van der Waals surface area contributed by atoms with Gasteiger partial charge in [0.1, 0.15) is 5.69 Å². The standard InChI is InChI=1S/C18H18ClN3O4S/c1-10-15(17(24)26-3)20-18(27-10)21-16(23)14-9-11-8-12(19)4-5-13(11)22(14)6-7-25-2/h4-5,8-9H,6-7H2,1-3H3,(H,20,21,23). The number of carbonyl (C=O) groups is 2. The third-order valence-corrected chi connectivity index (χ3v) is 5.13. The Hall–Kier alpha value is -2.42. The Balaban J connectivity index is 1.94. The molecule has 3 rings (SSSR count). The van der Waals surface area contributed by atoms with E-state index in [2.05, 4.69) is 10.3 Å². The number of anilines is 1. The van der Waals surface area contributed by atoms with E-state index in [-0.39, 0.29) is 11.6 Å². The van der Waals surface area contributed by atoms with Crippen molar-refractivity contribution in [1.82, 2.24) is 9.55 Å². The van der Waals surface area contributed by atoms with E-state index in [0.717, 1.165) is 10.9 Å². The molecular formula is C18H18ClN3O4S. The van der Waals surface area contributed by atoms with Crippen LogP contribution >= 0.6 is 22.9 Å². The van der Waals surface area contributed by atoms with Crippen molar-refractivity contribution in [3.8, 4) is 0 Å². The maximum Gasteiger partial charge on any atom is 0.357 e. The van der Waals surface area contributed by atoms with Crippen molar-refractivity contribution in [2.45, 2.75) is 13.5 Å². The molecule has 1 N–H and O–H groups in total. The van der Waals surface area contributed by atoms with Crippen LogP contribution in [-0.4, -0.2) is 42.3 Å². The van der Waals surface area contributed by atoms with Gasteiger partial charge in [0.15, 0.2) is 10.8 Å². The maximum absolute atomic E-state index is 12.9. The van der Waals surface area contributed by atoms with Gasteiger partial charge in [0.05, 0.1) is 13.7 Å². The van der Waals surface area contributed by atoms with Crippen LogP contribution in [0.4, 0.5) is 5.13 Å². The predicted molar refractivity (Wildman–Crippen MR) is 105 cm³/mol. The van der Waals surface area contributed by atoms with E-state index in [1.54, 1.807) is 32.2 Å². The lowest BCUT2D eigenvalue weighted by molar-refractivity contribution is 0.0594. The Morgan fingerprint density at radius 2 is 2.07 bits per heavy atom. The maximum atomic E-state index is 12.9. The molecule has 7 nitrogen and oxygen atoms in total. The summed E-state index contributed by atoms with van der Waals surface area (Å²) < 4.78 is 11.7. The molecule has 1 amide bonds. The first-order chi connectivity index (χ1) is 12.9. The molecule has 3 aromatic rings. The average Bonchev–Trinajstić information content (AvgIpc) is 3.18. The van der Waals surface area contributed by atoms with E-state index in [1.807, 2.05) is 10.6 Å². The van der Waals surface area contributed by atoms with E-state index < -0.39 is 5.97 Å². The van der Waals surface area contributed by atoms with Crippen LogP contribution in [0.25, 0.3) is 10.9 Å². The number of aromatic nitrogens is 2. The summed E-state index contributed by atoms with van der Waals surface area (Å²) in [5, 5.41) is 4.54.